The van der Waals surface area contributed by atoms with Crippen molar-refractivity contribution in [2.75, 3.05) is 24.7 Å². The van der Waals surface area contributed by atoms with E-state index in [1.165, 1.54) is 9.80 Å². The highest BCUT2D eigenvalue weighted by atomic mass is 79.9. The summed E-state index contributed by atoms with van der Waals surface area (Å²) in [4.78, 5) is 44.9. The number of hydrogen-bond acceptors (Lipinski definition) is 6. The van der Waals surface area contributed by atoms with E-state index in [4.69, 9.17) is 21.1 Å². The minimum Gasteiger partial charge on any atom is -0.466 e. The fraction of sp³-hybridized carbons (Fsp3) is 0.414. The molecule has 3 aliphatic rings. The lowest BCUT2D eigenvalue weighted by Crippen LogP contribution is -2.57. The quantitative estimate of drug-likeness (QED) is 0.261. The van der Waals surface area contributed by atoms with Gasteiger partial charge in [0.1, 0.15) is 11.6 Å². The molecule has 2 aromatic carbocycles. The predicted octanol–water partition coefficient (Wildman–Crippen LogP) is 3.90. The molecule has 2 bridgehead atoms. The van der Waals surface area contributed by atoms with Crippen molar-refractivity contribution in [3.8, 4) is 0 Å². The Labute approximate surface area is 240 Å². The Morgan fingerprint density at radius 3 is 2.59 bits per heavy atom. The number of aliphatic hydroxyl groups excluding tert-OH is 1. The van der Waals surface area contributed by atoms with Crippen LogP contribution < -0.4 is 4.90 Å². The average Bonchev–Trinajstić information content (AvgIpc) is 3.52. The Bertz CT molecular complexity index is 1260. The molecule has 8 nitrogen and oxygen atoms in total. The summed E-state index contributed by atoms with van der Waals surface area (Å²) >= 11 is 9.76. The van der Waals surface area contributed by atoms with Crippen LogP contribution >= 0.6 is 27.5 Å². The number of esters is 1. The predicted molar refractivity (Wildman–Crippen MR) is 149 cm³/mol. The highest BCUT2D eigenvalue weighted by molar-refractivity contribution is 9.09. The standard InChI is InChI=1S/C29H30BrClN2O6/c1-3-14-32(19-12-10-18(31)11-13-19)27(36)25-29-15-20(30)24(39-29)22(28(37)38-4-2)23(29)26(35)33(25)21(16-34)17-8-6-5-7-9-17/h3,5-13,20-25,34H,1,4,14-16H2,2H3/t20?,21-,22-,23+,24-,25-,29+/m1/s1. The molecule has 1 spiro atoms. The SMILES string of the molecule is C=CCN(C(=O)[C@H]1N([C@H](CO)c2ccccc2)C(=O)[C@@H]2[C@@H](C(=O)OCC)[C@@H]3O[C@@]21CC3Br)c1ccc(Cl)cc1. The van der Waals surface area contributed by atoms with Gasteiger partial charge in [0.25, 0.3) is 5.91 Å². The van der Waals surface area contributed by atoms with E-state index < -0.39 is 60.0 Å². The molecule has 2 aromatic rings. The molecule has 10 heteroatoms. The van der Waals surface area contributed by atoms with Crippen LogP contribution in [0.25, 0.3) is 0 Å². The third-order valence-electron chi connectivity index (χ3n) is 7.93. The third-order valence-corrected chi connectivity index (χ3v) is 9.03. The Morgan fingerprint density at radius 2 is 1.97 bits per heavy atom. The Hall–Kier alpha value is -2.72. The van der Waals surface area contributed by atoms with Crippen LogP contribution in [0.15, 0.2) is 67.3 Å². The van der Waals surface area contributed by atoms with E-state index in [1.807, 2.05) is 18.2 Å². The van der Waals surface area contributed by atoms with E-state index in [0.29, 0.717) is 22.7 Å². The molecule has 3 saturated heterocycles. The van der Waals surface area contributed by atoms with Crippen LogP contribution in [0.3, 0.4) is 0 Å². The number of anilines is 1. The molecule has 7 atom stereocenters. The fourth-order valence-electron chi connectivity index (χ4n) is 6.44. The number of likely N-dealkylation sites (tertiary alicyclic amines) is 1. The summed E-state index contributed by atoms with van der Waals surface area (Å²) < 4.78 is 11.9. The summed E-state index contributed by atoms with van der Waals surface area (Å²) in [6.45, 7) is 5.43. The summed E-state index contributed by atoms with van der Waals surface area (Å²) in [5.74, 6) is -3.15. The van der Waals surface area contributed by atoms with Crippen LogP contribution in [0.2, 0.25) is 5.02 Å². The first-order chi connectivity index (χ1) is 18.8. The van der Waals surface area contributed by atoms with Crippen molar-refractivity contribution in [2.45, 2.75) is 42.0 Å². The fourth-order valence-corrected chi connectivity index (χ4v) is 7.51. The normalized spacial score (nSPS) is 29.7. The van der Waals surface area contributed by atoms with Crippen LogP contribution in [0, 0.1) is 11.8 Å². The number of halogens is 2. The Morgan fingerprint density at radius 1 is 1.28 bits per heavy atom. The van der Waals surface area contributed by atoms with Crippen molar-refractivity contribution in [3.63, 3.8) is 0 Å². The van der Waals surface area contributed by atoms with Gasteiger partial charge in [-0.3, -0.25) is 14.4 Å². The summed E-state index contributed by atoms with van der Waals surface area (Å²) in [6.07, 6.45) is 1.32. The first-order valence-electron chi connectivity index (χ1n) is 12.9. The van der Waals surface area contributed by atoms with Gasteiger partial charge in [-0.25, -0.2) is 0 Å². The molecular formula is C29H30BrClN2O6. The van der Waals surface area contributed by atoms with Gasteiger partial charge in [-0.15, -0.1) is 6.58 Å². The summed E-state index contributed by atoms with van der Waals surface area (Å²) in [7, 11) is 0. The maximum atomic E-state index is 14.6. The van der Waals surface area contributed by atoms with Crippen LogP contribution in [0.5, 0.6) is 0 Å². The number of carbonyl (C=O) groups excluding carboxylic acids is 3. The molecule has 3 fully saturated rings. The Balaban J connectivity index is 1.66. The molecule has 0 radical (unpaired) electrons. The van der Waals surface area contributed by atoms with Crippen molar-refractivity contribution >= 4 is 51.0 Å². The number of fused-ring (bicyclic) bond motifs is 1. The summed E-state index contributed by atoms with van der Waals surface area (Å²) in [6, 6.07) is 13.9. The van der Waals surface area contributed by atoms with Gasteiger partial charge in [0.15, 0.2) is 0 Å². The number of amides is 2. The first kappa shape index (κ1) is 27.8. The minimum absolute atomic E-state index is 0.155. The van der Waals surface area contributed by atoms with Crippen LogP contribution in [-0.4, -0.2) is 70.1 Å². The van der Waals surface area contributed by atoms with Crippen LogP contribution in [0.1, 0.15) is 24.9 Å². The molecule has 39 heavy (non-hydrogen) atoms. The van der Waals surface area contributed by atoms with Gasteiger partial charge in [0.2, 0.25) is 5.91 Å². The number of rotatable bonds is 9. The summed E-state index contributed by atoms with van der Waals surface area (Å²) in [5.41, 5.74) is -0.0537. The molecule has 0 aromatic heterocycles. The monoisotopic (exact) mass is 616 g/mol. The second-order valence-corrected chi connectivity index (χ2v) is 11.6. The number of alkyl halides is 1. The second kappa shape index (κ2) is 11.0. The molecule has 2 amide bonds. The van der Waals surface area contributed by atoms with Crippen LogP contribution in [-0.2, 0) is 23.9 Å². The molecular weight excluding hydrogens is 588 g/mol. The molecule has 0 aliphatic carbocycles. The third kappa shape index (κ3) is 4.49. The van der Waals surface area contributed by atoms with E-state index in [1.54, 1.807) is 49.4 Å². The molecule has 0 saturated carbocycles. The minimum atomic E-state index is -1.29. The van der Waals surface area contributed by atoms with Gasteiger partial charge in [-0.2, -0.15) is 0 Å². The largest absolute Gasteiger partial charge is 0.466 e. The highest BCUT2D eigenvalue weighted by Gasteiger charge is 2.77. The van der Waals surface area contributed by atoms with Crippen molar-refractivity contribution in [1.82, 2.24) is 4.90 Å². The number of ether oxygens (including phenoxy) is 2. The van der Waals surface area contributed by atoms with Crippen LogP contribution in [0.4, 0.5) is 5.69 Å². The zero-order valence-electron chi connectivity index (χ0n) is 21.4. The zero-order valence-corrected chi connectivity index (χ0v) is 23.8. The van der Waals surface area contributed by atoms with E-state index in [9.17, 15) is 19.5 Å². The van der Waals surface area contributed by atoms with Crippen molar-refractivity contribution < 1.29 is 29.0 Å². The van der Waals surface area contributed by atoms with Gasteiger partial charge in [0.05, 0.1) is 37.2 Å². The summed E-state index contributed by atoms with van der Waals surface area (Å²) in [5, 5.41) is 11.1. The van der Waals surface area contributed by atoms with Crippen molar-refractivity contribution in [2.24, 2.45) is 11.8 Å². The average molecular weight is 618 g/mol. The zero-order chi connectivity index (χ0) is 27.9. The molecule has 5 rings (SSSR count). The van der Waals surface area contributed by atoms with Gasteiger partial charge in [-0.1, -0.05) is 63.9 Å². The molecule has 1 unspecified atom stereocenters. The van der Waals surface area contributed by atoms with E-state index >= 15 is 0 Å². The van der Waals surface area contributed by atoms with Gasteiger partial charge in [-0.05, 0) is 43.2 Å². The molecule has 1 N–H and O–H groups in total. The number of hydrogen-bond donors (Lipinski definition) is 1. The van der Waals surface area contributed by atoms with Gasteiger partial charge in [0, 0.05) is 22.1 Å². The smallest absolute Gasteiger partial charge is 0.312 e. The lowest BCUT2D eigenvalue weighted by Gasteiger charge is -2.39. The van der Waals surface area contributed by atoms with E-state index in [0.717, 1.165) is 0 Å². The second-order valence-electron chi connectivity index (χ2n) is 9.98. The number of benzene rings is 2. The topological polar surface area (TPSA) is 96.4 Å². The number of aliphatic hydroxyl groups is 1. The highest BCUT2D eigenvalue weighted by Crippen LogP contribution is 2.61. The maximum absolute atomic E-state index is 14.6. The van der Waals surface area contributed by atoms with Crippen molar-refractivity contribution in [3.05, 3.63) is 77.8 Å². The maximum Gasteiger partial charge on any atom is 0.312 e. The van der Waals surface area contributed by atoms with E-state index in [-0.39, 0.29) is 18.0 Å². The van der Waals surface area contributed by atoms with E-state index in [2.05, 4.69) is 22.5 Å². The molecule has 3 aliphatic heterocycles. The lowest BCUT2D eigenvalue weighted by molar-refractivity contribution is -0.155. The molecule has 3 heterocycles. The Kier molecular flexibility index (Phi) is 7.88. The first-order valence-corrected chi connectivity index (χ1v) is 14.2. The molecule has 206 valence electrons. The number of carbonyl (C=O) groups is 3. The van der Waals surface area contributed by atoms with Crippen molar-refractivity contribution in [1.29, 1.82) is 0 Å². The van der Waals surface area contributed by atoms with Gasteiger partial charge < -0.3 is 24.4 Å². The number of nitrogens with zero attached hydrogens (tertiary/aromatic N) is 2. The van der Waals surface area contributed by atoms with Gasteiger partial charge >= 0.3 is 5.97 Å². The lowest BCUT2D eigenvalue weighted by atomic mass is 9.70.